The molecule has 3 heteroatoms. The van der Waals surface area contributed by atoms with Crippen molar-refractivity contribution in [2.75, 3.05) is 0 Å². The fourth-order valence-corrected chi connectivity index (χ4v) is 1.19. The molecule has 0 fully saturated rings. The van der Waals surface area contributed by atoms with Crippen LogP contribution in [0.25, 0.3) is 0 Å². The summed E-state index contributed by atoms with van der Waals surface area (Å²) in [6.07, 6.45) is 0.894. The second-order valence-corrected chi connectivity index (χ2v) is 4.50. The van der Waals surface area contributed by atoms with Crippen molar-refractivity contribution in [1.82, 2.24) is 9.97 Å². The van der Waals surface area contributed by atoms with Crippen molar-refractivity contribution in [3.63, 3.8) is 0 Å². The molecular weight excluding hydrogens is 184 g/mol. The number of aromatic nitrogens is 2. The van der Waals surface area contributed by atoms with Crippen LogP contribution in [0, 0.1) is 0 Å². The van der Waals surface area contributed by atoms with E-state index in [4.69, 9.17) is 11.6 Å². The third-order valence-corrected chi connectivity index (χ3v) is 1.97. The highest BCUT2D eigenvalue weighted by Crippen LogP contribution is 2.20. The minimum absolute atomic E-state index is 0.0329. The van der Waals surface area contributed by atoms with Crippen LogP contribution >= 0.6 is 11.6 Å². The second-order valence-electron chi connectivity index (χ2n) is 4.11. The van der Waals surface area contributed by atoms with Crippen molar-refractivity contribution in [1.29, 1.82) is 0 Å². The third kappa shape index (κ3) is 2.66. The summed E-state index contributed by atoms with van der Waals surface area (Å²) in [6.45, 7) is 8.30. The first-order valence-corrected chi connectivity index (χ1v) is 4.85. The lowest BCUT2D eigenvalue weighted by atomic mass is 9.95. The van der Waals surface area contributed by atoms with Crippen molar-refractivity contribution in [3.05, 3.63) is 22.7 Å². The highest BCUT2D eigenvalue weighted by Gasteiger charge is 2.18. The van der Waals surface area contributed by atoms with Crippen LogP contribution in [0.2, 0.25) is 5.15 Å². The van der Waals surface area contributed by atoms with Gasteiger partial charge in [0, 0.05) is 11.1 Å². The summed E-state index contributed by atoms with van der Waals surface area (Å²) in [5.41, 5.74) is 0.972. The van der Waals surface area contributed by atoms with Gasteiger partial charge in [0.25, 0.3) is 0 Å². The molecule has 13 heavy (non-hydrogen) atoms. The van der Waals surface area contributed by atoms with Gasteiger partial charge in [-0.2, -0.15) is 0 Å². The molecule has 0 aliphatic carbocycles. The van der Waals surface area contributed by atoms with Crippen LogP contribution in [-0.4, -0.2) is 9.97 Å². The van der Waals surface area contributed by atoms with Crippen LogP contribution in [-0.2, 0) is 11.8 Å². The van der Waals surface area contributed by atoms with Gasteiger partial charge >= 0.3 is 0 Å². The molecule has 0 aliphatic rings. The van der Waals surface area contributed by atoms with Gasteiger partial charge in [-0.3, -0.25) is 0 Å². The molecule has 0 unspecified atom stereocenters. The van der Waals surface area contributed by atoms with Gasteiger partial charge in [0.2, 0.25) is 0 Å². The molecular formula is C10H15ClN2. The molecule has 0 N–H and O–H groups in total. The van der Waals surface area contributed by atoms with Crippen LogP contribution < -0.4 is 0 Å². The molecule has 0 aliphatic heterocycles. The van der Waals surface area contributed by atoms with Crippen LogP contribution in [0.4, 0.5) is 0 Å². The van der Waals surface area contributed by atoms with E-state index in [9.17, 15) is 0 Å². The Bertz CT molecular complexity index is 302. The minimum Gasteiger partial charge on any atom is -0.237 e. The Balaban J connectivity index is 3.16. The first kappa shape index (κ1) is 10.5. The Kier molecular flexibility index (Phi) is 2.91. The van der Waals surface area contributed by atoms with Crippen LogP contribution in [0.3, 0.4) is 0 Å². The Morgan fingerprint density at radius 3 is 2.38 bits per heavy atom. The number of halogens is 1. The topological polar surface area (TPSA) is 25.8 Å². The van der Waals surface area contributed by atoms with Gasteiger partial charge in [0.15, 0.2) is 0 Å². The molecule has 1 rings (SSSR count). The Hall–Kier alpha value is -0.630. The summed E-state index contributed by atoms with van der Waals surface area (Å²) >= 11 is 5.88. The predicted octanol–water partition coefficient (Wildman–Crippen LogP) is 2.99. The van der Waals surface area contributed by atoms with Crippen LogP contribution in [0.1, 0.15) is 39.2 Å². The van der Waals surface area contributed by atoms with E-state index >= 15 is 0 Å². The zero-order valence-corrected chi connectivity index (χ0v) is 9.31. The van der Waals surface area contributed by atoms with Crippen molar-refractivity contribution in [3.8, 4) is 0 Å². The summed E-state index contributed by atoms with van der Waals surface area (Å²) < 4.78 is 0. The smallest absolute Gasteiger partial charge is 0.135 e. The quantitative estimate of drug-likeness (QED) is 0.649. The van der Waals surface area contributed by atoms with E-state index in [0.29, 0.717) is 5.15 Å². The van der Waals surface area contributed by atoms with Crippen molar-refractivity contribution in [2.45, 2.75) is 39.5 Å². The molecule has 2 nitrogen and oxygen atoms in total. The van der Waals surface area contributed by atoms with Crippen LogP contribution in [0.15, 0.2) is 6.07 Å². The van der Waals surface area contributed by atoms with E-state index in [1.54, 1.807) is 0 Å². The van der Waals surface area contributed by atoms with E-state index < -0.39 is 0 Å². The van der Waals surface area contributed by atoms with Crippen molar-refractivity contribution < 1.29 is 0 Å². The maximum Gasteiger partial charge on any atom is 0.135 e. The maximum absolute atomic E-state index is 5.88. The fourth-order valence-electron chi connectivity index (χ4n) is 0.981. The molecule has 0 spiro atoms. The summed E-state index contributed by atoms with van der Waals surface area (Å²) in [5, 5.41) is 0.539. The van der Waals surface area contributed by atoms with E-state index in [-0.39, 0.29) is 5.41 Å². The molecule has 0 atom stereocenters. The number of rotatable bonds is 1. The summed E-state index contributed by atoms with van der Waals surface area (Å²) in [4.78, 5) is 8.64. The van der Waals surface area contributed by atoms with E-state index in [1.165, 1.54) is 0 Å². The van der Waals surface area contributed by atoms with Gasteiger partial charge < -0.3 is 0 Å². The lowest BCUT2D eigenvalue weighted by Gasteiger charge is -2.17. The number of hydrogen-bond acceptors (Lipinski definition) is 2. The molecule has 0 aromatic carbocycles. The molecule has 0 saturated heterocycles. The predicted molar refractivity (Wildman–Crippen MR) is 55.1 cm³/mol. The Morgan fingerprint density at radius 2 is 1.92 bits per heavy atom. The molecule has 72 valence electrons. The molecule has 1 aromatic heterocycles. The summed E-state index contributed by atoms with van der Waals surface area (Å²) in [7, 11) is 0. The average Bonchev–Trinajstić information content (AvgIpc) is 2.01. The second kappa shape index (κ2) is 3.62. The fraction of sp³-hybridized carbons (Fsp3) is 0.600. The molecule has 0 saturated carbocycles. The standard InChI is InChI=1S/C10H15ClN2/c1-5-7-6-8(11)13-9(12-7)10(2,3)4/h6H,5H2,1-4H3. The van der Waals surface area contributed by atoms with Crippen LogP contribution in [0.5, 0.6) is 0 Å². The SMILES string of the molecule is CCc1cc(Cl)nc(C(C)(C)C)n1. The molecule has 1 heterocycles. The Morgan fingerprint density at radius 1 is 1.31 bits per heavy atom. The van der Waals surface area contributed by atoms with Crippen molar-refractivity contribution >= 4 is 11.6 Å². The molecule has 0 bridgehead atoms. The summed E-state index contributed by atoms with van der Waals surface area (Å²) in [6, 6.07) is 1.82. The molecule has 1 aromatic rings. The zero-order valence-electron chi connectivity index (χ0n) is 8.56. The molecule has 0 amide bonds. The maximum atomic E-state index is 5.88. The van der Waals surface area contributed by atoms with Gasteiger partial charge in [0.1, 0.15) is 11.0 Å². The average molecular weight is 199 g/mol. The van der Waals surface area contributed by atoms with Gasteiger partial charge in [-0.05, 0) is 12.5 Å². The highest BCUT2D eigenvalue weighted by molar-refractivity contribution is 6.29. The lowest BCUT2D eigenvalue weighted by molar-refractivity contribution is 0.541. The van der Waals surface area contributed by atoms with E-state index in [0.717, 1.165) is 17.9 Å². The Labute approximate surface area is 84.4 Å². The highest BCUT2D eigenvalue weighted by atomic mass is 35.5. The van der Waals surface area contributed by atoms with Gasteiger partial charge in [0.05, 0.1) is 0 Å². The number of aryl methyl sites for hydroxylation is 1. The number of nitrogens with zero attached hydrogens (tertiary/aromatic N) is 2. The minimum atomic E-state index is -0.0329. The number of hydrogen-bond donors (Lipinski definition) is 0. The van der Waals surface area contributed by atoms with Gasteiger partial charge in [-0.25, -0.2) is 9.97 Å². The first-order valence-electron chi connectivity index (χ1n) is 4.47. The van der Waals surface area contributed by atoms with Gasteiger partial charge in [-0.15, -0.1) is 0 Å². The van der Waals surface area contributed by atoms with E-state index in [1.807, 2.05) is 6.07 Å². The summed E-state index contributed by atoms with van der Waals surface area (Å²) in [5.74, 6) is 0.817. The normalized spacial score (nSPS) is 11.8. The first-order chi connectivity index (χ1) is 5.93. The van der Waals surface area contributed by atoms with Crippen molar-refractivity contribution in [2.24, 2.45) is 0 Å². The largest absolute Gasteiger partial charge is 0.237 e. The molecule has 0 radical (unpaired) electrons. The third-order valence-electron chi connectivity index (χ3n) is 1.78. The van der Waals surface area contributed by atoms with Gasteiger partial charge in [-0.1, -0.05) is 39.3 Å². The lowest BCUT2D eigenvalue weighted by Crippen LogP contribution is -2.17. The monoisotopic (exact) mass is 198 g/mol. The van der Waals surface area contributed by atoms with E-state index in [2.05, 4.69) is 37.7 Å². The zero-order chi connectivity index (χ0) is 10.1.